The third-order valence-corrected chi connectivity index (χ3v) is 4.86. The van der Waals surface area contributed by atoms with Crippen molar-refractivity contribution in [1.82, 2.24) is 23.1 Å². The second-order valence-electron chi connectivity index (χ2n) is 6.52. The van der Waals surface area contributed by atoms with Gasteiger partial charge in [0.05, 0.1) is 12.6 Å². The van der Waals surface area contributed by atoms with Crippen LogP contribution in [0, 0.1) is 6.92 Å². The lowest BCUT2D eigenvalue weighted by molar-refractivity contribution is 0.0974. The van der Waals surface area contributed by atoms with E-state index in [0.717, 1.165) is 25.1 Å². The van der Waals surface area contributed by atoms with Gasteiger partial charge in [0.1, 0.15) is 0 Å². The molecule has 0 amide bonds. The van der Waals surface area contributed by atoms with Crippen LogP contribution in [0.2, 0.25) is 0 Å². The highest BCUT2D eigenvalue weighted by Gasteiger charge is 2.22. The van der Waals surface area contributed by atoms with Gasteiger partial charge in [-0.3, -0.25) is 18.3 Å². The van der Waals surface area contributed by atoms with Crippen LogP contribution in [0.15, 0.2) is 28.4 Å². The molecule has 1 unspecified atom stereocenters. The molecular weight excluding hydrogens is 322 g/mol. The summed E-state index contributed by atoms with van der Waals surface area (Å²) in [5.41, 5.74) is 1.07. The zero-order valence-corrected chi connectivity index (χ0v) is 14.4. The maximum absolute atomic E-state index is 12.8. The van der Waals surface area contributed by atoms with Crippen LogP contribution in [0.4, 0.5) is 0 Å². The lowest BCUT2D eigenvalue weighted by Crippen LogP contribution is -2.39. The van der Waals surface area contributed by atoms with Gasteiger partial charge in [0.25, 0.3) is 5.56 Å². The topological polar surface area (TPSA) is 75.5 Å². The Bertz CT molecular complexity index is 1090. The van der Waals surface area contributed by atoms with Crippen molar-refractivity contribution in [2.45, 2.75) is 39.0 Å². The minimum Gasteiger partial charge on any atom is -0.376 e. The minimum atomic E-state index is -0.388. The standard InChI is InChI=1S/C17H21N5O3/c1-4-7-20-15(23)13-14(19(3)17(20)24)18-16-21(11(2)9-22(13)16)10-12-6-5-8-25-12/h4,9,12H,1,5-8,10H2,2-3H3. The average molecular weight is 343 g/mol. The van der Waals surface area contributed by atoms with Gasteiger partial charge in [-0.05, 0) is 19.8 Å². The Hall–Kier alpha value is -2.61. The second-order valence-corrected chi connectivity index (χ2v) is 6.52. The summed E-state index contributed by atoms with van der Waals surface area (Å²) < 4.78 is 12.2. The van der Waals surface area contributed by atoms with Crippen LogP contribution in [0.1, 0.15) is 18.5 Å². The number of hydrogen-bond donors (Lipinski definition) is 0. The molecule has 8 heteroatoms. The summed E-state index contributed by atoms with van der Waals surface area (Å²) >= 11 is 0. The Balaban J connectivity index is 2.00. The molecular formula is C17H21N5O3. The van der Waals surface area contributed by atoms with E-state index < -0.39 is 0 Å². The van der Waals surface area contributed by atoms with Crippen LogP contribution in [0.5, 0.6) is 0 Å². The van der Waals surface area contributed by atoms with Crippen LogP contribution >= 0.6 is 0 Å². The predicted octanol–water partition coefficient (Wildman–Crippen LogP) is 0.823. The van der Waals surface area contributed by atoms with E-state index in [-0.39, 0.29) is 23.9 Å². The molecule has 0 spiro atoms. The molecule has 4 rings (SSSR count). The first-order chi connectivity index (χ1) is 12.0. The van der Waals surface area contributed by atoms with Crippen LogP contribution in [-0.4, -0.2) is 35.8 Å². The van der Waals surface area contributed by atoms with Gasteiger partial charge >= 0.3 is 5.69 Å². The van der Waals surface area contributed by atoms with Gasteiger partial charge in [-0.1, -0.05) is 6.08 Å². The van der Waals surface area contributed by atoms with Crippen molar-refractivity contribution in [3.05, 3.63) is 45.4 Å². The molecule has 4 heterocycles. The van der Waals surface area contributed by atoms with Crippen molar-refractivity contribution in [1.29, 1.82) is 0 Å². The Morgan fingerprint density at radius 1 is 1.40 bits per heavy atom. The fraction of sp³-hybridized carbons (Fsp3) is 0.471. The molecule has 0 saturated carbocycles. The summed E-state index contributed by atoms with van der Waals surface area (Å²) in [6.07, 6.45) is 5.69. The third-order valence-electron chi connectivity index (χ3n) is 4.86. The molecule has 0 radical (unpaired) electrons. The van der Waals surface area contributed by atoms with Gasteiger partial charge in [0.2, 0.25) is 5.78 Å². The van der Waals surface area contributed by atoms with Crippen molar-refractivity contribution in [2.75, 3.05) is 6.61 Å². The van der Waals surface area contributed by atoms with Gasteiger partial charge in [0.15, 0.2) is 11.2 Å². The van der Waals surface area contributed by atoms with E-state index in [9.17, 15) is 9.59 Å². The SMILES string of the molecule is C=CCn1c(=O)c2c(nc3n(CC4CCCO4)c(C)cn23)n(C)c1=O. The van der Waals surface area contributed by atoms with Crippen LogP contribution < -0.4 is 11.2 Å². The van der Waals surface area contributed by atoms with Gasteiger partial charge in [-0.25, -0.2) is 4.79 Å². The molecule has 0 bridgehead atoms. The summed E-state index contributed by atoms with van der Waals surface area (Å²) in [4.78, 5) is 29.9. The lowest BCUT2D eigenvalue weighted by atomic mass is 10.2. The van der Waals surface area contributed by atoms with Gasteiger partial charge in [0, 0.05) is 32.1 Å². The number of allylic oxidation sites excluding steroid dienone is 1. The molecule has 0 aliphatic carbocycles. The summed E-state index contributed by atoms with van der Waals surface area (Å²) in [6, 6.07) is 0. The third kappa shape index (κ3) is 2.28. The summed E-state index contributed by atoms with van der Waals surface area (Å²) in [5.74, 6) is 0.659. The first-order valence-corrected chi connectivity index (χ1v) is 8.43. The van der Waals surface area contributed by atoms with Crippen molar-refractivity contribution < 1.29 is 4.74 Å². The number of fused-ring (bicyclic) bond motifs is 3. The highest BCUT2D eigenvalue weighted by Crippen LogP contribution is 2.20. The number of imidazole rings is 2. The predicted molar refractivity (Wildman–Crippen MR) is 94.1 cm³/mol. The number of nitrogens with zero attached hydrogens (tertiary/aromatic N) is 5. The van der Waals surface area contributed by atoms with Crippen LogP contribution in [-0.2, 0) is 24.9 Å². The van der Waals surface area contributed by atoms with Gasteiger partial charge in [-0.15, -0.1) is 6.58 Å². The number of aromatic nitrogens is 5. The van der Waals surface area contributed by atoms with E-state index in [1.165, 1.54) is 9.13 Å². The molecule has 1 aliphatic rings. The molecule has 132 valence electrons. The van der Waals surface area contributed by atoms with Crippen molar-refractivity contribution >= 4 is 16.9 Å². The average Bonchev–Trinajstić information content (AvgIpc) is 3.28. The van der Waals surface area contributed by atoms with Gasteiger partial charge < -0.3 is 9.30 Å². The van der Waals surface area contributed by atoms with Crippen LogP contribution in [0.25, 0.3) is 16.9 Å². The van der Waals surface area contributed by atoms with Crippen molar-refractivity contribution in [2.24, 2.45) is 7.05 Å². The monoisotopic (exact) mass is 343 g/mol. The Morgan fingerprint density at radius 2 is 2.20 bits per heavy atom. The highest BCUT2D eigenvalue weighted by molar-refractivity contribution is 5.75. The fourth-order valence-electron chi connectivity index (χ4n) is 3.56. The Kier molecular flexibility index (Phi) is 3.64. The lowest BCUT2D eigenvalue weighted by Gasteiger charge is -2.11. The van der Waals surface area contributed by atoms with Gasteiger partial charge in [-0.2, -0.15) is 4.98 Å². The van der Waals surface area contributed by atoms with Crippen molar-refractivity contribution in [3.63, 3.8) is 0 Å². The maximum atomic E-state index is 12.8. The molecule has 8 nitrogen and oxygen atoms in total. The first kappa shape index (κ1) is 15.9. The van der Waals surface area contributed by atoms with E-state index in [0.29, 0.717) is 23.5 Å². The number of hydrogen-bond acceptors (Lipinski definition) is 4. The number of ether oxygens (including phenoxy) is 1. The molecule has 3 aromatic rings. The molecule has 1 saturated heterocycles. The molecule has 0 aromatic carbocycles. The quantitative estimate of drug-likeness (QED) is 0.658. The highest BCUT2D eigenvalue weighted by atomic mass is 16.5. The second kappa shape index (κ2) is 5.73. The molecule has 1 atom stereocenters. The fourth-order valence-corrected chi connectivity index (χ4v) is 3.56. The zero-order chi connectivity index (χ0) is 17.7. The summed E-state index contributed by atoms with van der Waals surface area (Å²) in [7, 11) is 1.63. The normalized spacial score (nSPS) is 17.8. The molecule has 0 N–H and O–H groups in total. The Labute approximate surface area is 143 Å². The Morgan fingerprint density at radius 3 is 2.88 bits per heavy atom. The molecule has 25 heavy (non-hydrogen) atoms. The first-order valence-electron chi connectivity index (χ1n) is 8.43. The van der Waals surface area contributed by atoms with E-state index in [1.54, 1.807) is 17.5 Å². The van der Waals surface area contributed by atoms with E-state index >= 15 is 0 Å². The zero-order valence-electron chi connectivity index (χ0n) is 14.4. The largest absolute Gasteiger partial charge is 0.376 e. The van der Waals surface area contributed by atoms with E-state index in [4.69, 9.17) is 4.74 Å². The van der Waals surface area contributed by atoms with Crippen molar-refractivity contribution in [3.8, 4) is 0 Å². The number of aryl methyl sites for hydroxylation is 2. The summed E-state index contributed by atoms with van der Waals surface area (Å²) in [6.45, 7) is 7.27. The van der Waals surface area contributed by atoms with Crippen LogP contribution in [0.3, 0.4) is 0 Å². The maximum Gasteiger partial charge on any atom is 0.332 e. The summed E-state index contributed by atoms with van der Waals surface area (Å²) in [5, 5.41) is 0. The molecule has 1 fully saturated rings. The smallest absolute Gasteiger partial charge is 0.332 e. The molecule has 3 aromatic heterocycles. The van der Waals surface area contributed by atoms with E-state index in [1.807, 2.05) is 13.1 Å². The number of rotatable bonds is 4. The molecule has 1 aliphatic heterocycles. The van der Waals surface area contributed by atoms with E-state index in [2.05, 4.69) is 16.1 Å². The minimum absolute atomic E-state index is 0.163.